The maximum Gasteiger partial charge on any atom is 0.259 e. The molecule has 0 saturated carbocycles. The van der Waals surface area contributed by atoms with Gasteiger partial charge < -0.3 is 0 Å². The van der Waals surface area contributed by atoms with Gasteiger partial charge in [-0.1, -0.05) is 60.7 Å². The number of benzene rings is 2. The monoisotopic (exact) mass is 473 g/mol. The van der Waals surface area contributed by atoms with E-state index in [9.17, 15) is 9.59 Å². The van der Waals surface area contributed by atoms with E-state index in [-0.39, 0.29) is 23.0 Å². The number of carbonyl (C=O) groups is 2. The molecule has 9 nitrogen and oxygen atoms in total. The highest BCUT2D eigenvalue weighted by Crippen LogP contribution is 2.18. The zero-order chi connectivity index (χ0) is 24.7. The number of pyridine rings is 1. The summed E-state index contributed by atoms with van der Waals surface area (Å²) in [6.07, 6.45) is 5.85. The lowest BCUT2D eigenvalue weighted by Gasteiger charge is -2.08. The van der Waals surface area contributed by atoms with Gasteiger partial charge in [0.15, 0.2) is 0 Å². The van der Waals surface area contributed by atoms with Crippen LogP contribution in [0.5, 0.6) is 0 Å². The van der Waals surface area contributed by atoms with Crippen LogP contribution in [-0.4, -0.2) is 36.7 Å². The van der Waals surface area contributed by atoms with Crippen molar-refractivity contribution in [1.29, 1.82) is 0 Å². The lowest BCUT2D eigenvalue weighted by atomic mass is 10.1. The number of carbonyl (C=O) groups excluding carboxylic acids is 2. The average molecular weight is 473 g/mol. The predicted molar refractivity (Wildman–Crippen MR) is 135 cm³/mol. The van der Waals surface area contributed by atoms with Crippen molar-refractivity contribution in [2.24, 2.45) is 0 Å². The number of amides is 2. The smallest absolute Gasteiger partial charge is 0.259 e. The Bertz CT molecular complexity index is 1410. The molecule has 3 aromatic heterocycles. The van der Waals surface area contributed by atoms with Gasteiger partial charge >= 0.3 is 0 Å². The first-order valence-electron chi connectivity index (χ1n) is 11.0. The zero-order valence-corrected chi connectivity index (χ0v) is 18.9. The van der Waals surface area contributed by atoms with Gasteiger partial charge in [-0.25, -0.2) is 19.9 Å². The van der Waals surface area contributed by atoms with Crippen molar-refractivity contribution >= 4 is 23.7 Å². The van der Waals surface area contributed by atoms with Crippen LogP contribution in [-0.2, 0) is 0 Å². The first-order chi connectivity index (χ1) is 17.7. The van der Waals surface area contributed by atoms with Gasteiger partial charge in [0.2, 0.25) is 11.9 Å². The van der Waals surface area contributed by atoms with Gasteiger partial charge in [-0.3, -0.25) is 25.2 Å². The molecule has 2 amide bonds. The normalized spacial score (nSPS) is 10.4. The highest BCUT2D eigenvalue weighted by Gasteiger charge is 2.14. The Kier molecular flexibility index (Phi) is 6.44. The largest absolute Gasteiger partial charge is 0.290 e. The summed E-state index contributed by atoms with van der Waals surface area (Å²) >= 11 is 0. The number of hydrogen-bond acceptors (Lipinski definition) is 7. The minimum atomic E-state index is -0.496. The molecule has 0 unspecified atom stereocenters. The molecule has 3 heterocycles. The standard InChI is InChI=1S/C27H19N7O2/c35-24(33-26-29-13-11-22(31-26)18-7-3-1-4-8-18)20-15-21(17-28-16-20)25(36)34-27-30-14-12-23(32-27)19-9-5-2-6-10-19/h1-17H,(H,29,31,33,35)(H,30,32,34,36). The van der Waals surface area contributed by atoms with Crippen LogP contribution in [0.4, 0.5) is 11.9 Å². The molecule has 5 aromatic rings. The second-order valence-electron chi connectivity index (χ2n) is 7.63. The van der Waals surface area contributed by atoms with Gasteiger partial charge in [-0.2, -0.15) is 0 Å². The SMILES string of the molecule is O=C(Nc1nccc(-c2ccccc2)n1)c1cncc(C(=O)Nc2nccc(-c3ccccc3)n2)c1. The maximum atomic E-state index is 12.8. The summed E-state index contributed by atoms with van der Waals surface area (Å²) in [5.74, 6) is -0.709. The summed E-state index contributed by atoms with van der Waals surface area (Å²) in [4.78, 5) is 46.7. The fraction of sp³-hybridized carbons (Fsp3) is 0. The molecule has 0 aliphatic carbocycles. The van der Waals surface area contributed by atoms with Gasteiger partial charge in [0.05, 0.1) is 22.5 Å². The van der Waals surface area contributed by atoms with E-state index in [1.54, 1.807) is 24.5 Å². The van der Waals surface area contributed by atoms with E-state index in [0.717, 1.165) is 11.1 Å². The Morgan fingerprint density at radius 3 is 1.47 bits per heavy atom. The number of nitrogens with zero attached hydrogens (tertiary/aromatic N) is 5. The van der Waals surface area contributed by atoms with Gasteiger partial charge in [0.1, 0.15) is 0 Å². The molecule has 0 atom stereocenters. The molecule has 0 aliphatic heterocycles. The first-order valence-corrected chi connectivity index (χ1v) is 11.0. The Balaban J connectivity index is 1.30. The van der Waals surface area contributed by atoms with E-state index in [2.05, 4.69) is 35.6 Å². The molecular weight excluding hydrogens is 454 g/mol. The maximum absolute atomic E-state index is 12.8. The minimum Gasteiger partial charge on any atom is -0.290 e. The van der Waals surface area contributed by atoms with Crippen molar-refractivity contribution < 1.29 is 9.59 Å². The number of hydrogen-bond donors (Lipinski definition) is 2. The third-order valence-electron chi connectivity index (χ3n) is 5.16. The molecule has 2 aromatic carbocycles. The van der Waals surface area contributed by atoms with Crippen molar-refractivity contribution in [2.75, 3.05) is 10.6 Å². The molecule has 2 N–H and O–H groups in total. The summed E-state index contributed by atoms with van der Waals surface area (Å²) in [6, 6.07) is 24.0. The van der Waals surface area contributed by atoms with Crippen LogP contribution in [0.3, 0.4) is 0 Å². The molecule has 0 radical (unpaired) electrons. The summed E-state index contributed by atoms with van der Waals surface area (Å²) in [6.45, 7) is 0. The Labute approximate surface area is 206 Å². The quantitative estimate of drug-likeness (QED) is 0.372. The van der Waals surface area contributed by atoms with Crippen LogP contribution in [0.1, 0.15) is 20.7 Å². The predicted octanol–water partition coefficient (Wildman–Crippen LogP) is 4.50. The topological polar surface area (TPSA) is 123 Å². The number of nitrogens with one attached hydrogen (secondary N) is 2. The lowest BCUT2D eigenvalue weighted by molar-refractivity contribution is 0.102. The fourth-order valence-corrected chi connectivity index (χ4v) is 3.41. The number of rotatable bonds is 6. The summed E-state index contributed by atoms with van der Waals surface area (Å²) in [5.41, 5.74) is 3.49. The second-order valence-corrected chi connectivity index (χ2v) is 7.63. The fourth-order valence-electron chi connectivity index (χ4n) is 3.41. The molecule has 36 heavy (non-hydrogen) atoms. The molecule has 174 valence electrons. The highest BCUT2D eigenvalue weighted by molar-refractivity contribution is 6.07. The first kappa shape index (κ1) is 22.5. The van der Waals surface area contributed by atoms with Gasteiger partial charge in [0, 0.05) is 35.9 Å². The van der Waals surface area contributed by atoms with E-state index < -0.39 is 11.8 Å². The van der Waals surface area contributed by atoms with Crippen molar-refractivity contribution in [2.45, 2.75) is 0 Å². The van der Waals surface area contributed by atoms with Crippen molar-refractivity contribution in [3.05, 3.63) is 115 Å². The molecule has 0 bridgehead atoms. The summed E-state index contributed by atoms with van der Waals surface area (Å²) < 4.78 is 0. The minimum absolute atomic E-state index is 0.141. The van der Waals surface area contributed by atoms with E-state index in [0.29, 0.717) is 11.4 Å². The Morgan fingerprint density at radius 2 is 1.03 bits per heavy atom. The second kappa shape index (κ2) is 10.3. The Hall–Kier alpha value is -5.31. The van der Waals surface area contributed by atoms with E-state index in [4.69, 9.17) is 0 Å². The van der Waals surface area contributed by atoms with E-state index in [1.165, 1.54) is 18.5 Å². The van der Waals surface area contributed by atoms with Crippen LogP contribution in [0.2, 0.25) is 0 Å². The van der Waals surface area contributed by atoms with Crippen LogP contribution in [0.15, 0.2) is 104 Å². The number of aromatic nitrogens is 5. The van der Waals surface area contributed by atoms with Crippen LogP contribution in [0.25, 0.3) is 22.5 Å². The highest BCUT2D eigenvalue weighted by atomic mass is 16.2. The van der Waals surface area contributed by atoms with Crippen LogP contribution < -0.4 is 10.6 Å². The van der Waals surface area contributed by atoms with Gasteiger partial charge in [0.25, 0.3) is 11.8 Å². The molecule has 0 fully saturated rings. The molecular formula is C27H19N7O2. The van der Waals surface area contributed by atoms with Crippen molar-refractivity contribution in [1.82, 2.24) is 24.9 Å². The Morgan fingerprint density at radius 1 is 0.583 bits per heavy atom. The van der Waals surface area contributed by atoms with Crippen molar-refractivity contribution in [3.63, 3.8) is 0 Å². The van der Waals surface area contributed by atoms with E-state index >= 15 is 0 Å². The van der Waals surface area contributed by atoms with Gasteiger partial charge in [-0.15, -0.1) is 0 Å². The van der Waals surface area contributed by atoms with E-state index in [1.807, 2.05) is 60.7 Å². The molecule has 9 heteroatoms. The third-order valence-corrected chi connectivity index (χ3v) is 5.16. The lowest BCUT2D eigenvalue weighted by Crippen LogP contribution is -2.18. The summed E-state index contributed by atoms with van der Waals surface area (Å²) in [5, 5.41) is 5.30. The molecule has 0 spiro atoms. The van der Waals surface area contributed by atoms with Crippen LogP contribution in [0, 0.1) is 0 Å². The molecule has 0 saturated heterocycles. The number of anilines is 2. The van der Waals surface area contributed by atoms with Crippen LogP contribution >= 0.6 is 0 Å². The van der Waals surface area contributed by atoms with Gasteiger partial charge in [-0.05, 0) is 18.2 Å². The average Bonchev–Trinajstić information content (AvgIpc) is 2.94. The summed E-state index contributed by atoms with van der Waals surface area (Å²) in [7, 11) is 0. The molecule has 0 aliphatic rings. The molecule has 5 rings (SSSR count). The zero-order valence-electron chi connectivity index (χ0n) is 18.9. The van der Waals surface area contributed by atoms with Crippen molar-refractivity contribution in [3.8, 4) is 22.5 Å². The third kappa shape index (κ3) is 5.26.